The molecule has 66 valence electrons. The molecule has 0 aliphatic carbocycles. The lowest BCUT2D eigenvalue weighted by Gasteiger charge is -2.09. The molecule has 0 heterocycles. The highest BCUT2D eigenvalue weighted by molar-refractivity contribution is 6.38. The first-order chi connectivity index (χ1) is 5.57. The van der Waals surface area contributed by atoms with E-state index in [0.29, 0.717) is 15.8 Å². The monoisotopic (exact) mass is 204 g/mol. The fourth-order valence-electron chi connectivity index (χ4n) is 1.09. The van der Waals surface area contributed by atoms with E-state index in [2.05, 4.69) is 0 Å². The van der Waals surface area contributed by atoms with Gasteiger partial charge in [0.05, 0.1) is 17.2 Å². The van der Waals surface area contributed by atoms with E-state index in [-0.39, 0.29) is 0 Å². The van der Waals surface area contributed by atoms with Crippen LogP contribution in [0.3, 0.4) is 0 Å². The average Bonchev–Trinajstić information content (AvgIpc) is 2.02. The lowest BCUT2D eigenvalue weighted by Crippen LogP contribution is -1.90. The first-order valence-electron chi connectivity index (χ1n) is 3.57. The number of methoxy groups -OCH3 is 1. The van der Waals surface area contributed by atoms with Gasteiger partial charge in [0.25, 0.3) is 0 Å². The molecule has 0 aliphatic rings. The van der Waals surface area contributed by atoms with Crippen molar-refractivity contribution in [2.24, 2.45) is 0 Å². The number of hydrogen-bond donors (Lipinski definition) is 0. The number of ether oxygens (including phenoxy) is 1. The maximum absolute atomic E-state index is 5.96. The second-order valence-corrected chi connectivity index (χ2v) is 3.43. The maximum Gasteiger partial charge on any atom is 0.156 e. The van der Waals surface area contributed by atoms with Gasteiger partial charge in [-0.3, -0.25) is 0 Å². The molecule has 0 radical (unpaired) electrons. The van der Waals surface area contributed by atoms with Gasteiger partial charge in [-0.2, -0.15) is 0 Å². The van der Waals surface area contributed by atoms with E-state index < -0.39 is 0 Å². The number of hydrogen-bond acceptors (Lipinski definition) is 1. The normalized spacial score (nSPS) is 10.1. The van der Waals surface area contributed by atoms with Crippen LogP contribution in [0.5, 0.6) is 5.75 Å². The van der Waals surface area contributed by atoms with Gasteiger partial charge >= 0.3 is 0 Å². The summed E-state index contributed by atoms with van der Waals surface area (Å²) in [6, 6.07) is 1.94. The molecule has 0 saturated carbocycles. The van der Waals surface area contributed by atoms with Gasteiger partial charge in [-0.25, -0.2) is 0 Å². The third kappa shape index (κ3) is 1.52. The van der Waals surface area contributed by atoms with Crippen LogP contribution in [0.25, 0.3) is 0 Å². The summed E-state index contributed by atoms with van der Waals surface area (Å²) in [7, 11) is 1.56. The van der Waals surface area contributed by atoms with Gasteiger partial charge < -0.3 is 4.74 Å². The van der Waals surface area contributed by atoms with E-state index in [9.17, 15) is 0 Å². The third-order valence-corrected chi connectivity index (χ3v) is 2.67. The molecule has 0 aliphatic heterocycles. The highest BCUT2D eigenvalue weighted by Crippen LogP contribution is 2.37. The van der Waals surface area contributed by atoms with Gasteiger partial charge in [0.2, 0.25) is 0 Å². The van der Waals surface area contributed by atoms with Crippen molar-refractivity contribution in [3.8, 4) is 5.75 Å². The Morgan fingerprint density at radius 3 is 1.83 bits per heavy atom. The molecular formula is C9H10Cl2O. The van der Waals surface area contributed by atoms with Crippen molar-refractivity contribution in [2.75, 3.05) is 7.11 Å². The Hall–Kier alpha value is -0.400. The largest absolute Gasteiger partial charge is 0.494 e. The van der Waals surface area contributed by atoms with E-state index in [4.69, 9.17) is 27.9 Å². The van der Waals surface area contributed by atoms with Crippen LogP contribution in [-0.2, 0) is 0 Å². The summed E-state index contributed by atoms with van der Waals surface area (Å²) in [4.78, 5) is 0. The molecule has 1 aromatic rings. The highest BCUT2D eigenvalue weighted by Gasteiger charge is 2.10. The number of halogens is 2. The van der Waals surface area contributed by atoms with Crippen LogP contribution in [0.4, 0.5) is 0 Å². The predicted molar refractivity (Wildman–Crippen MR) is 52.5 cm³/mol. The van der Waals surface area contributed by atoms with E-state index in [0.717, 1.165) is 11.1 Å². The second-order valence-electron chi connectivity index (χ2n) is 2.67. The molecule has 0 unspecified atom stereocenters. The summed E-state index contributed by atoms with van der Waals surface area (Å²) in [6.07, 6.45) is 0. The standard InChI is InChI=1S/C9H10Cl2O/c1-5-4-6(2)8(11)9(12-3)7(5)10/h4H,1-3H3. The molecule has 0 N–H and O–H groups in total. The van der Waals surface area contributed by atoms with Gasteiger partial charge in [-0.1, -0.05) is 29.3 Å². The molecule has 3 heteroatoms. The molecular weight excluding hydrogens is 195 g/mol. The van der Waals surface area contributed by atoms with Gasteiger partial charge in [0.15, 0.2) is 5.75 Å². The van der Waals surface area contributed by atoms with Crippen LogP contribution in [0.1, 0.15) is 11.1 Å². The molecule has 0 aromatic heterocycles. The predicted octanol–water partition coefficient (Wildman–Crippen LogP) is 3.62. The molecule has 1 nitrogen and oxygen atoms in total. The van der Waals surface area contributed by atoms with Crippen LogP contribution in [0.15, 0.2) is 6.07 Å². The van der Waals surface area contributed by atoms with Crippen LogP contribution in [-0.4, -0.2) is 7.11 Å². The molecule has 0 spiro atoms. The van der Waals surface area contributed by atoms with Crippen molar-refractivity contribution in [3.63, 3.8) is 0 Å². The molecule has 0 bridgehead atoms. The summed E-state index contributed by atoms with van der Waals surface area (Å²) in [6.45, 7) is 3.85. The summed E-state index contributed by atoms with van der Waals surface area (Å²) in [5, 5.41) is 1.18. The van der Waals surface area contributed by atoms with Crippen LogP contribution >= 0.6 is 23.2 Å². The number of aryl methyl sites for hydroxylation is 2. The first-order valence-corrected chi connectivity index (χ1v) is 4.32. The molecule has 1 aromatic carbocycles. The zero-order chi connectivity index (χ0) is 9.30. The Bertz CT molecular complexity index is 282. The van der Waals surface area contributed by atoms with Crippen molar-refractivity contribution < 1.29 is 4.74 Å². The maximum atomic E-state index is 5.96. The van der Waals surface area contributed by atoms with Crippen molar-refractivity contribution in [1.29, 1.82) is 0 Å². The van der Waals surface area contributed by atoms with E-state index in [1.807, 2.05) is 19.9 Å². The van der Waals surface area contributed by atoms with Crippen molar-refractivity contribution in [3.05, 3.63) is 27.2 Å². The first kappa shape index (κ1) is 9.69. The lowest BCUT2D eigenvalue weighted by molar-refractivity contribution is 0.414. The SMILES string of the molecule is COc1c(Cl)c(C)cc(C)c1Cl. The summed E-state index contributed by atoms with van der Waals surface area (Å²) < 4.78 is 5.07. The zero-order valence-corrected chi connectivity index (χ0v) is 8.75. The molecule has 12 heavy (non-hydrogen) atoms. The fraction of sp³-hybridized carbons (Fsp3) is 0.333. The Morgan fingerprint density at radius 2 is 1.50 bits per heavy atom. The fourth-order valence-corrected chi connectivity index (χ4v) is 1.59. The Kier molecular flexibility index (Phi) is 2.86. The smallest absolute Gasteiger partial charge is 0.156 e. The molecule has 1 rings (SSSR count). The lowest BCUT2D eigenvalue weighted by atomic mass is 10.1. The highest BCUT2D eigenvalue weighted by atomic mass is 35.5. The van der Waals surface area contributed by atoms with Crippen LogP contribution in [0.2, 0.25) is 10.0 Å². The molecule has 0 fully saturated rings. The van der Waals surface area contributed by atoms with Gasteiger partial charge in [-0.05, 0) is 25.0 Å². The van der Waals surface area contributed by atoms with E-state index >= 15 is 0 Å². The van der Waals surface area contributed by atoms with Gasteiger partial charge in [0, 0.05) is 0 Å². The Labute approximate surface area is 82.2 Å². The zero-order valence-electron chi connectivity index (χ0n) is 7.24. The average molecular weight is 205 g/mol. The number of benzene rings is 1. The quantitative estimate of drug-likeness (QED) is 0.680. The number of rotatable bonds is 1. The Morgan fingerprint density at radius 1 is 1.08 bits per heavy atom. The third-order valence-electron chi connectivity index (χ3n) is 1.73. The topological polar surface area (TPSA) is 9.23 Å². The summed E-state index contributed by atoms with van der Waals surface area (Å²) in [5.74, 6) is 0.566. The van der Waals surface area contributed by atoms with Crippen molar-refractivity contribution in [1.82, 2.24) is 0 Å². The minimum Gasteiger partial charge on any atom is -0.494 e. The van der Waals surface area contributed by atoms with Gasteiger partial charge in [0.1, 0.15) is 0 Å². The van der Waals surface area contributed by atoms with Crippen LogP contribution in [0, 0.1) is 13.8 Å². The molecule has 0 amide bonds. The second kappa shape index (κ2) is 3.55. The summed E-state index contributed by atoms with van der Waals surface area (Å²) >= 11 is 11.9. The summed E-state index contributed by atoms with van der Waals surface area (Å²) in [5.41, 5.74) is 1.96. The molecule has 0 atom stereocenters. The van der Waals surface area contributed by atoms with E-state index in [1.165, 1.54) is 0 Å². The minimum absolute atomic E-state index is 0.566. The minimum atomic E-state index is 0.566. The van der Waals surface area contributed by atoms with Crippen LogP contribution < -0.4 is 4.74 Å². The van der Waals surface area contributed by atoms with E-state index in [1.54, 1.807) is 7.11 Å². The molecule has 0 saturated heterocycles. The van der Waals surface area contributed by atoms with Gasteiger partial charge in [-0.15, -0.1) is 0 Å². The van der Waals surface area contributed by atoms with Crippen molar-refractivity contribution >= 4 is 23.2 Å². The Balaban J connectivity index is 3.42. The van der Waals surface area contributed by atoms with Crippen molar-refractivity contribution in [2.45, 2.75) is 13.8 Å².